The molecule has 21 heavy (non-hydrogen) atoms. The number of halogens is 1. The minimum absolute atomic E-state index is 0.0297. The predicted octanol–water partition coefficient (Wildman–Crippen LogP) is 2.07. The van der Waals surface area contributed by atoms with Gasteiger partial charge in [-0.3, -0.25) is 10.1 Å². The summed E-state index contributed by atoms with van der Waals surface area (Å²) in [4.78, 5) is 14.3. The summed E-state index contributed by atoms with van der Waals surface area (Å²) < 4.78 is 19.5. The number of nitrogens with zero attached hydrogens (tertiary/aromatic N) is 1. The minimum atomic E-state index is -0.399. The zero-order chi connectivity index (χ0) is 15.0. The molecule has 3 rings (SSSR count). The molecule has 114 valence electrons. The van der Waals surface area contributed by atoms with Crippen LogP contribution in [0.3, 0.4) is 0 Å². The second kappa shape index (κ2) is 5.73. The first-order chi connectivity index (χ1) is 10.1. The first-order valence-electron chi connectivity index (χ1n) is 7.50. The van der Waals surface area contributed by atoms with E-state index < -0.39 is 6.17 Å². The molecule has 1 amide bonds. The lowest BCUT2D eigenvalue weighted by molar-refractivity contribution is -0.132. The molecule has 2 heterocycles. The molecule has 1 aromatic carbocycles. The van der Waals surface area contributed by atoms with E-state index in [2.05, 4.69) is 5.32 Å². The van der Waals surface area contributed by atoms with Gasteiger partial charge in [0.1, 0.15) is 12.0 Å². The number of nitrogens with one attached hydrogen (secondary N) is 1. The SMILES string of the molecule is CC1NC(c2ccccc2F)N(C(C)C2CCOC2)C1=O. The topological polar surface area (TPSA) is 41.6 Å². The van der Waals surface area contributed by atoms with Gasteiger partial charge in [-0.2, -0.15) is 0 Å². The Morgan fingerprint density at radius 3 is 2.86 bits per heavy atom. The fraction of sp³-hybridized carbons (Fsp3) is 0.562. The number of carbonyl (C=O) groups is 1. The third-order valence-electron chi connectivity index (χ3n) is 4.60. The molecule has 0 spiro atoms. The van der Waals surface area contributed by atoms with Crippen molar-refractivity contribution in [1.82, 2.24) is 10.2 Å². The molecule has 4 atom stereocenters. The number of benzene rings is 1. The van der Waals surface area contributed by atoms with Crippen LogP contribution in [0.2, 0.25) is 0 Å². The summed E-state index contributed by atoms with van der Waals surface area (Å²) in [6.45, 7) is 5.27. The fourth-order valence-electron chi connectivity index (χ4n) is 3.27. The summed E-state index contributed by atoms with van der Waals surface area (Å²) in [6, 6.07) is 6.38. The zero-order valence-electron chi connectivity index (χ0n) is 12.4. The second-order valence-corrected chi connectivity index (χ2v) is 5.92. The molecule has 4 unspecified atom stereocenters. The van der Waals surface area contributed by atoms with Crippen LogP contribution < -0.4 is 5.32 Å². The number of hydrogen-bond acceptors (Lipinski definition) is 3. The third kappa shape index (κ3) is 2.56. The Hall–Kier alpha value is -1.46. The molecule has 0 bridgehead atoms. The molecule has 2 saturated heterocycles. The molecule has 4 nitrogen and oxygen atoms in total. The van der Waals surface area contributed by atoms with Crippen molar-refractivity contribution in [1.29, 1.82) is 0 Å². The van der Waals surface area contributed by atoms with E-state index in [0.717, 1.165) is 13.0 Å². The highest BCUT2D eigenvalue weighted by atomic mass is 19.1. The highest BCUT2D eigenvalue weighted by Crippen LogP contribution is 2.33. The highest BCUT2D eigenvalue weighted by Gasteiger charge is 2.43. The van der Waals surface area contributed by atoms with Crippen LogP contribution in [0.1, 0.15) is 32.0 Å². The van der Waals surface area contributed by atoms with Crippen LogP contribution in [0.15, 0.2) is 24.3 Å². The van der Waals surface area contributed by atoms with Crippen molar-refractivity contribution in [2.24, 2.45) is 5.92 Å². The van der Waals surface area contributed by atoms with Crippen molar-refractivity contribution in [2.45, 2.75) is 38.5 Å². The van der Waals surface area contributed by atoms with Gasteiger partial charge in [0.05, 0.1) is 12.6 Å². The van der Waals surface area contributed by atoms with Gasteiger partial charge in [0.15, 0.2) is 0 Å². The molecule has 5 heteroatoms. The minimum Gasteiger partial charge on any atom is -0.381 e. The van der Waals surface area contributed by atoms with Crippen molar-refractivity contribution in [3.8, 4) is 0 Å². The second-order valence-electron chi connectivity index (χ2n) is 5.92. The number of rotatable bonds is 3. The van der Waals surface area contributed by atoms with Crippen molar-refractivity contribution < 1.29 is 13.9 Å². The standard InChI is InChI=1S/C16H21FN2O2/c1-10-16(20)19(11(2)12-7-8-21-9-12)15(18-10)13-5-3-4-6-14(13)17/h3-6,10-12,15,18H,7-9H2,1-2H3. The van der Waals surface area contributed by atoms with Gasteiger partial charge in [0.25, 0.3) is 0 Å². The molecule has 0 aromatic heterocycles. The van der Waals surface area contributed by atoms with E-state index >= 15 is 0 Å². The summed E-state index contributed by atoms with van der Waals surface area (Å²) in [7, 11) is 0. The van der Waals surface area contributed by atoms with E-state index in [1.807, 2.05) is 13.8 Å². The van der Waals surface area contributed by atoms with E-state index in [1.165, 1.54) is 6.07 Å². The van der Waals surface area contributed by atoms with Crippen LogP contribution in [0.25, 0.3) is 0 Å². The Morgan fingerprint density at radius 1 is 1.43 bits per heavy atom. The van der Waals surface area contributed by atoms with Crippen LogP contribution in [0.5, 0.6) is 0 Å². The lowest BCUT2D eigenvalue weighted by Crippen LogP contribution is -2.43. The van der Waals surface area contributed by atoms with Gasteiger partial charge >= 0.3 is 0 Å². The Kier molecular flexibility index (Phi) is 3.95. The number of amides is 1. The van der Waals surface area contributed by atoms with Crippen LogP contribution in [-0.4, -0.2) is 36.1 Å². The Labute approximate surface area is 124 Å². The monoisotopic (exact) mass is 292 g/mol. The summed E-state index contributed by atoms with van der Waals surface area (Å²) in [5.41, 5.74) is 0.529. The molecular formula is C16H21FN2O2. The maximum atomic E-state index is 14.1. The number of carbonyl (C=O) groups excluding carboxylic acids is 1. The number of ether oxygens (including phenoxy) is 1. The normalized spacial score (nSPS) is 30.9. The molecule has 2 fully saturated rings. The first kappa shape index (κ1) is 14.5. The van der Waals surface area contributed by atoms with Crippen molar-refractivity contribution in [2.75, 3.05) is 13.2 Å². The zero-order valence-corrected chi connectivity index (χ0v) is 12.4. The molecule has 2 aliphatic rings. The van der Waals surface area contributed by atoms with Gasteiger partial charge in [-0.15, -0.1) is 0 Å². The van der Waals surface area contributed by atoms with Gasteiger partial charge in [-0.1, -0.05) is 18.2 Å². The van der Waals surface area contributed by atoms with Gasteiger partial charge in [-0.05, 0) is 26.3 Å². The van der Waals surface area contributed by atoms with Crippen molar-refractivity contribution >= 4 is 5.91 Å². The van der Waals surface area contributed by atoms with E-state index in [-0.39, 0.29) is 23.8 Å². The maximum absolute atomic E-state index is 14.1. The predicted molar refractivity (Wildman–Crippen MR) is 77.0 cm³/mol. The molecule has 0 saturated carbocycles. The van der Waals surface area contributed by atoms with Crippen molar-refractivity contribution in [3.63, 3.8) is 0 Å². The third-order valence-corrected chi connectivity index (χ3v) is 4.60. The van der Waals surface area contributed by atoms with Gasteiger partial charge in [0, 0.05) is 24.1 Å². The Balaban J connectivity index is 1.91. The van der Waals surface area contributed by atoms with E-state index in [9.17, 15) is 9.18 Å². The lowest BCUT2D eigenvalue weighted by Gasteiger charge is -2.33. The average molecular weight is 292 g/mol. The van der Waals surface area contributed by atoms with Gasteiger partial charge in [0.2, 0.25) is 5.91 Å². The van der Waals surface area contributed by atoms with Gasteiger partial charge in [-0.25, -0.2) is 4.39 Å². The van der Waals surface area contributed by atoms with Crippen molar-refractivity contribution in [3.05, 3.63) is 35.6 Å². The molecule has 1 aromatic rings. The van der Waals surface area contributed by atoms with E-state index in [1.54, 1.807) is 23.1 Å². The summed E-state index contributed by atoms with van der Waals surface area (Å²) >= 11 is 0. The Morgan fingerprint density at radius 2 is 2.19 bits per heavy atom. The average Bonchev–Trinajstić information content (AvgIpc) is 3.09. The summed E-state index contributed by atoms with van der Waals surface area (Å²) in [5, 5.41) is 3.21. The van der Waals surface area contributed by atoms with Gasteiger partial charge < -0.3 is 9.64 Å². The van der Waals surface area contributed by atoms with Crippen LogP contribution >= 0.6 is 0 Å². The molecule has 2 aliphatic heterocycles. The summed E-state index contributed by atoms with van der Waals surface area (Å²) in [5.74, 6) is 0.0646. The quantitative estimate of drug-likeness (QED) is 0.927. The molecule has 1 N–H and O–H groups in total. The Bertz CT molecular complexity index is 531. The molecule has 0 aliphatic carbocycles. The van der Waals surface area contributed by atoms with Crippen LogP contribution in [0, 0.1) is 11.7 Å². The first-order valence-corrected chi connectivity index (χ1v) is 7.50. The fourth-order valence-corrected chi connectivity index (χ4v) is 3.27. The summed E-state index contributed by atoms with van der Waals surface area (Å²) in [6.07, 6.45) is 0.549. The van der Waals surface area contributed by atoms with E-state index in [4.69, 9.17) is 4.74 Å². The lowest BCUT2D eigenvalue weighted by atomic mass is 9.98. The molecular weight excluding hydrogens is 271 g/mol. The largest absolute Gasteiger partial charge is 0.381 e. The van der Waals surface area contributed by atoms with Crippen LogP contribution in [-0.2, 0) is 9.53 Å². The highest BCUT2D eigenvalue weighted by molar-refractivity contribution is 5.84. The molecule has 0 radical (unpaired) electrons. The number of hydrogen-bond donors (Lipinski definition) is 1. The van der Waals surface area contributed by atoms with Crippen LogP contribution in [0.4, 0.5) is 4.39 Å². The van der Waals surface area contributed by atoms with E-state index in [0.29, 0.717) is 18.1 Å². The maximum Gasteiger partial charge on any atom is 0.241 e. The smallest absolute Gasteiger partial charge is 0.241 e.